The highest BCUT2D eigenvalue weighted by atomic mass is 16.5. The Morgan fingerprint density at radius 2 is 1.88 bits per heavy atom. The van der Waals surface area contributed by atoms with E-state index in [1.807, 2.05) is 30.3 Å². The van der Waals surface area contributed by atoms with Crippen LogP contribution in [0.25, 0.3) is 10.8 Å². The first kappa shape index (κ1) is 22.1. The number of phenolic OH excluding ortho intramolecular Hbond substituents is 1. The van der Waals surface area contributed by atoms with Crippen molar-refractivity contribution in [2.24, 2.45) is 0 Å². The van der Waals surface area contributed by atoms with E-state index in [9.17, 15) is 19.5 Å². The van der Waals surface area contributed by atoms with Gasteiger partial charge in [-0.05, 0) is 59.9 Å². The maximum atomic E-state index is 13.5. The molecular formula is C27H26N2O5. The Bertz CT molecular complexity index is 1270. The highest BCUT2D eigenvalue weighted by Crippen LogP contribution is 2.38. The molecular weight excluding hydrogens is 432 g/mol. The summed E-state index contributed by atoms with van der Waals surface area (Å²) in [6, 6.07) is 18.7. The molecule has 1 aliphatic heterocycles. The van der Waals surface area contributed by atoms with Gasteiger partial charge in [-0.3, -0.25) is 14.4 Å². The molecule has 7 nitrogen and oxygen atoms in total. The van der Waals surface area contributed by atoms with Crippen LogP contribution >= 0.6 is 0 Å². The molecule has 1 heterocycles. The van der Waals surface area contributed by atoms with Gasteiger partial charge in [-0.25, -0.2) is 0 Å². The third kappa shape index (κ3) is 4.15. The Morgan fingerprint density at radius 3 is 2.71 bits per heavy atom. The second-order valence-electron chi connectivity index (χ2n) is 9.04. The molecule has 3 aromatic carbocycles. The van der Waals surface area contributed by atoms with Crippen molar-refractivity contribution in [2.75, 3.05) is 6.61 Å². The lowest BCUT2D eigenvalue weighted by Gasteiger charge is -2.30. The van der Waals surface area contributed by atoms with Crippen molar-refractivity contribution < 1.29 is 24.2 Å². The van der Waals surface area contributed by atoms with E-state index < -0.39 is 17.5 Å². The number of amides is 2. The number of phenols is 1. The van der Waals surface area contributed by atoms with Crippen molar-refractivity contribution >= 4 is 28.4 Å². The Balaban J connectivity index is 1.40. The van der Waals surface area contributed by atoms with Crippen molar-refractivity contribution in [1.82, 2.24) is 10.6 Å². The predicted octanol–water partition coefficient (Wildman–Crippen LogP) is 2.89. The van der Waals surface area contributed by atoms with Gasteiger partial charge < -0.3 is 20.5 Å². The van der Waals surface area contributed by atoms with Gasteiger partial charge in [0.05, 0.1) is 6.10 Å². The molecule has 2 fully saturated rings. The van der Waals surface area contributed by atoms with E-state index >= 15 is 0 Å². The average Bonchev–Trinajstić information content (AvgIpc) is 3.37. The zero-order valence-corrected chi connectivity index (χ0v) is 18.6. The Morgan fingerprint density at radius 1 is 1.06 bits per heavy atom. The molecule has 1 aliphatic carbocycles. The zero-order chi connectivity index (χ0) is 23.7. The summed E-state index contributed by atoms with van der Waals surface area (Å²) in [6.45, 7) is -0.00831. The van der Waals surface area contributed by atoms with Crippen LogP contribution in [0.15, 0.2) is 66.7 Å². The van der Waals surface area contributed by atoms with Crippen molar-refractivity contribution in [2.45, 2.75) is 43.4 Å². The van der Waals surface area contributed by atoms with Crippen LogP contribution in [-0.4, -0.2) is 47.0 Å². The number of fused-ring (bicyclic) bond motifs is 2. The number of nitrogens with one attached hydrogen (secondary N) is 2. The van der Waals surface area contributed by atoms with Gasteiger partial charge in [0.25, 0.3) is 5.91 Å². The number of hydrogen-bond acceptors (Lipinski definition) is 5. The highest BCUT2D eigenvalue weighted by molar-refractivity contribution is 6.02. The second-order valence-corrected chi connectivity index (χ2v) is 9.04. The summed E-state index contributed by atoms with van der Waals surface area (Å²) < 4.78 is 5.61. The summed E-state index contributed by atoms with van der Waals surface area (Å²) in [7, 11) is 0. The Labute approximate surface area is 197 Å². The molecule has 3 aromatic rings. The minimum Gasteiger partial charge on any atom is -0.508 e. The molecule has 7 heteroatoms. The summed E-state index contributed by atoms with van der Waals surface area (Å²) >= 11 is 0. The minimum absolute atomic E-state index is 0.00831. The van der Waals surface area contributed by atoms with Crippen LogP contribution in [0.5, 0.6) is 5.75 Å². The summed E-state index contributed by atoms with van der Waals surface area (Å²) in [5.41, 5.74) is 0.0972. The molecule has 1 saturated carbocycles. The molecule has 2 aliphatic rings. The van der Waals surface area contributed by atoms with Crippen LogP contribution in [0.3, 0.4) is 0 Å². The summed E-state index contributed by atoms with van der Waals surface area (Å²) in [5.74, 6) is -0.879. The van der Waals surface area contributed by atoms with Crippen molar-refractivity contribution in [1.29, 1.82) is 0 Å². The second kappa shape index (κ2) is 8.91. The molecule has 3 N–H and O–H groups in total. The fraction of sp³-hybridized carbons (Fsp3) is 0.296. The van der Waals surface area contributed by atoms with Gasteiger partial charge in [-0.1, -0.05) is 42.5 Å². The monoisotopic (exact) mass is 458 g/mol. The third-order valence-corrected chi connectivity index (χ3v) is 6.83. The fourth-order valence-electron chi connectivity index (χ4n) is 5.04. The molecule has 0 aromatic heterocycles. The van der Waals surface area contributed by atoms with Crippen LogP contribution in [0.4, 0.5) is 0 Å². The molecule has 3 unspecified atom stereocenters. The number of hydrogen-bond donors (Lipinski definition) is 3. The molecule has 0 spiro atoms. The van der Waals surface area contributed by atoms with E-state index in [-0.39, 0.29) is 36.6 Å². The standard InChI is InChI=1S/C27H26N2O5/c30-21-8-3-5-17(13-21)14-22(26(33)29-27-12-4-9-24(27)34-16-23(27)31)28-25(32)20-11-10-18-6-1-2-7-19(18)15-20/h1-3,5-8,10-11,13,15,22,24,30H,4,9,12,14,16H2,(H,28,32)(H,29,33). The van der Waals surface area contributed by atoms with Gasteiger partial charge >= 0.3 is 0 Å². The number of carbonyl (C=O) groups is 3. The zero-order valence-electron chi connectivity index (χ0n) is 18.6. The molecule has 1 saturated heterocycles. The quantitative estimate of drug-likeness (QED) is 0.527. The summed E-state index contributed by atoms with van der Waals surface area (Å²) in [5, 5.41) is 17.6. The van der Waals surface area contributed by atoms with Crippen LogP contribution < -0.4 is 10.6 Å². The summed E-state index contributed by atoms with van der Waals surface area (Å²) in [6.07, 6.45) is 1.86. The Hall–Kier alpha value is -3.71. The molecule has 3 atom stereocenters. The lowest BCUT2D eigenvalue weighted by molar-refractivity contribution is -0.131. The maximum absolute atomic E-state index is 13.5. The van der Waals surface area contributed by atoms with E-state index in [0.717, 1.165) is 17.2 Å². The van der Waals surface area contributed by atoms with E-state index in [0.29, 0.717) is 24.0 Å². The number of carbonyl (C=O) groups excluding carboxylic acids is 3. The molecule has 5 rings (SSSR count). The SMILES string of the molecule is O=C(NC(Cc1cccc(O)c1)C(=O)NC12CCCC1OCC2=O)c1ccc2ccccc2c1. The molecule has 2 amide bonds. The van der Waals surface area contributed by atoms with E-state index in [4.69, 9.17) is 4.74 Å². The normalized spacial score (nSPS) is 22.4. The molecule has 34 heavy (non-hydrogen) atoms. The van der Waals surface area contributed by atoms with Crippen molar-refractivity contribution in [3.05, 3.63) is 77.9 Å². The van der Waals surface area contributed by atoms with Gasteiger partial charge in [0.2, 0.25) is 5.91 Å². The number of Topliss-reactive ketones (excluding diaryl/α,β-unsaturated/α-hetero) is 1. The van der Waals surface area contributed by atoms with Gasteiger partial charge in [0.1, 0.15) is 23.9 Å². The molecule has 0 bridgehead atoms. The van der Waals surface area contributed by atoms with Crippen LogP contribution in [0.1, 0.15) is 35.2 Å². The number of ether oxygens (including phenoxy) is 1. The van der Waals surface area contributed by atoms with Crippen molar-refractivity contribution in [3.63, 3.8) is 0 Å². The minimum atomic E-state index is -1.03. The van der Waals surface area contributed by atoms with Crippen LogP contribution in [0.2, 0.25) is 0 Å². The first-order chi connectivity index (χ1) is 16.4. The first-order valence-electron chi connectivity index (χ1n) is 11.5. The third-order valence-electron chi connectivity index (χ3n) is 6.83. The van der Waals surface area contributed by atoms with Gasteiger partial charge in [-0.2, -0.15) is 0 Å². The predicted molar refractivity (Wildman–Crippen MR) is 126 cm³/mol. The lowest BCUT2D eigenvalue weighted by atomic mass is 9.91. The van der Waals surface area contributed by atoms with Crippen LogP contribution in [0, 0.1) is 0 Å². The maximum Gasteiger partial charge on any atom is 0.251 e. The summed E-state index contributed by atoms with van der Waals surface area (Å²) in [4.78, 5) is 39.3. The fourth-order valence-corrected chi connectivity index (χ4v) is 5.04. The number of rotatable bonds is 6. The lowest BCUT2D eigenvalue weighted by Crippen LogP contribution is -2.60. The van der Waals surface area contributed by atoms with Crippen LogP contribution in [-0.2, 0) is 20.7 Å². The van der Waals surface area contributed by atoms with Gasteiger partial charge in [-0.15, -0.1) is 0 Å². The topological polar surface area (TPSA) is 105 Å². The van der Waals surface area contributed by atoms with Gasteiger partial charge in [0, 0.05) is 12.0 Å². The van der Waals surface area contributed by atoms with E-state index in [2.05, 4.69) is 10.6 Å². The largest absolute Gasteiger partial charge is 0.508 e. The van der Waals surface area contributed by atoms with Crippen molar-refractivity contribution in [3.8, 4) is 5.75 Å². The van der Waals surface area contributed by atoms with E-state index in [1.54, 1.807) is 36.4 Å². The smallest absolute Gasteiger partial charge is 0.251 e. The Kier molecular flexibility index (Phi) is 5.79. The molecule has 174 valence electrons. The number of benzene rings is 3. The average molecular weight is 459 g/mol. The van der Waals surface area contributed by atoms with Gasteiger partial charge in [0.15, 0.2) is 5.78 Å². The highest BCUT2D eigenvalue weighted by Gasteiger charge is 2.55. The number of aromatic hydroxyl groups is 1. The number of ketones is 1. The van der Waals surface area contributed by atoms with E-state index in [1.165, 1.54) is 0 Å². The first-order valence-corrected chi connectivity index (χ1v) is 11.5. The molecule has 0 radical (unpaired) electrons.